The second-order valence-corrected chi connectivity index (χ2v) is 6.81. The molecule has 24 heavy (non-hydrogen) atoms. The summed E-state index contributed by atoms with van der Waals surface area (Å²) in [5.41, 5.74) is 4.27. The highest BCUT2D eigenvalue weighted by molar-refractivity contribution is 7.19. The van der Waals surface area contributed by atoms with Gasteiger partial charge in [0.1, 0.15) is 5.01 Å². The molecule has 0 saturated carbocycles. The van der Waals surface area contributed by atoms with Gasteiger partial charge in [0.05, 0.1) is 15.6 Å². The maximum atomic E-state index is 6.38. The van der Waals surface area contributed by atoms with Crippen molar-refractivity contribution in [2.75, 3.05) is 0 Å². The Morgan fingerprint density at radius 3 is 1.92 bits per heavy atom. The predicted molar refractivity (Wildman–Crippen MR) is 103 cm³/mol. The summed E-state index contributed by atoms with van der Waals surface area (Å²) in [5.74, 6) is 0. The number of rotatable bonds is 3. The Hall–Kier alpha value is -2.42. The van der Waals surface area contributed by atoms with E-state index in [4.69, 9.17) is 16.6 Å². The summed E-state index contributed by atoms with van der Waals surface area (Å²) >= 11 is 8.06. The van der Waals surface area contributed by atoms with Crippen LogP contribution in [0.3, 0.4) is 0 Å². The van der Waals surface area contributed by atoms with Gasteiger partial charge in [-0.05, 0) is 11.6 Å². The van der Waals surface area contributed by atoms with Crippen molar-refractivity contribution in [3.8, 4) is 32.3 Å². The second-order valence-electron chi connectivity index (χ2n) is 5.41. The molecule has 0 aliphatic heterocycles. The van der Waals surface area contributed by atoms with Crippen LogP contribution in [-0.4, -0.2) is 4.98 Å². The molecule has 0 aliphatic carbocycles. The highest BCUT2D eigenvalue weighted by atomic mass is 35.5. The lowest BCUT2D eigenvalue weighted by atomic mass is 10.1. The molecule has 3 heteroatoms. The first-order valence-electron chi connectivity index (χ1n) is 7.69. The normalized spacial score (nSPS) is 10.7. The van der Waals surface area contributed by atoms with Gasteiger partial charge in [-0.2, -0.15) is 0 Å². The van der Waals surface area contributed by atoms with Crippen LogP contribution in [0.25, 0.3) is 32.3 Å². The molecule has 0 aliphatic rings. The first-order chi connectivity index (χ1) is 11.8. The number of hydrogen-bond donors (Lipinski definition) is 0. The van der Waals surface area contributed by atoms with E-state index in [-0.39, 0.29) is 0 Å². The van der Waals surface area contributed by atoms with E-state index in [2.05, 4.69) is 36.4 Å². The molecule has 0 unspecified atom stereocenters. The van der Waals surface area contributed by atoms with Gasteiger partial charge in [-0.3, -0.25) is 0 Å². The van der Waals surface area contributed by atoms with Crippen LogP contribution < -0.4 is 0 Å². The molecular weight excluding hydrogens is 334 g/mol. The summed E-state index contributed by atoms with van der Waals surface area (Å²) < 4.78 is 0. The lowest BCUT2D eigenvalue weighted by Gasteiger charge is -2.02. The molecule has 116 valence electrons. The highest BCUT2D eigenvalue weighted by Crippen LogP contribution is 2.41. The molecule has 0 radical (unpaired) electrons. The van der Waals surface area contributed by atoms with Crippen molar-refractivity contribution < 1.29 is 0 Å². The summed E-state index contributed by atoms with van der Waals surface area (Å²) in [6.07, 6.45) is 0. The third kappa shape index (κ3) is 2.86. The van der Waals surface area contributed by atoms with Gasteiger partial charge in [0, 0.05) is 11.1 Å². The number of halogens is 1. The van der Waals surface area contributed by atoms with Crippen molar-refractivity contribution in [1.82, 2.24) is 4.98 Å². The largest absolute Gasteiger partial charge is 0.235 e. The van der Waals surface area contributed by atoms with Crippen molar-refractivity contribution >= 4 is 22.9 Å². The third-order valence-corrected chi connectivity index (χ3v) is 5.28. The average Bonchev–Trinajstić information content (AvgIpc) is 3.09. The first-order valence-corrected chi connectivity index (χ1v) is 8.89. The summed E-state index contributed by atoms with van der Waals surface area (Å²) in [6, 6.07) is 28.5. The van der Waals surface area contributed by atoms with Gasteiger partial charge in [-0.25, -0.2) is 4.98 Å². The van der Waals surface area contributed by atoms with E-state index in [1.54, 1.807) is 11.3 Å². The van der Waals surface area contributed by atoms with Crippen LogP contribution in [-0.2, 0) is 0 Å². The fraction of sp³-hybridized carbons (Fsp3) is 0. The molecule has 4 aromatic rings. The minimum absolute atomic E-state index is 0.727. The summed E-state index contributed by atoms with van der Waals surface area (Å²) in [7, 11) is 0. The van der Waals surface area contributed by atoms with Gasteiger partial charge in [0.15, 0.2) is 0 Å². The molecule has 1 nitrogen and oxygen atoms in total. The minimum Gasteiger partial charge on any atom is -0.235 e. The van der Waals surface area contributed by atoms with E-state index >= 15 is 0 Å². The maximum absolute atomic E-state index is 6.38. The number of thiazole rings is 1. The Bertz CT molecular complexity index is 905. The molecule has 0 atom stereocenters. The quantitative estimate of drug-likeness (QED) is 0.397. The van der Waals surface area contributed by atoms with Crippen LogP contribution in [0.4, 0.5) is 0 Å². The molecule has 1 aromatic heterocycles. The Kier molecular flexibility index (Phi) is 4.16. The van der Waals surface area contributed by atoms with Gasteiger partial charge >= 0.3 is 0 Å². The van der Waals surface area contributed by atoms with E-state index in [1.807, 2.05) is 48.5 Å². The number of nitrogens with zero attached hydrogens (tertiary/aromatic N) is 1. The first kappa shape index (κ1) is 15.1. The Balaban J connectivity index is 1.94. The van der Waals surface area contributed by atoms with E-state index in [1.165, 1.54) is 5.56 Å². The Morgan fingerprint density at radius 2 is 1.25 bits per heavy atom. The van der Waals surface area contributed by atoms with Crippen LogP contribution in [0.15, 0.2) is 84.9 Å². The number of hydrogen-bond acceptors (Lipinski definition) is 2. The van der Waals surface area contributed by atoms with E-state index < -0.39 is 0 Å². The predicted octanol–water partition coefficient (Wildman–Crippen LogP) is 6.80. The Morgan fingerprint density at radius 1 is 0.667 bits per heavy atom. The van der Waals surface area contributed by atoms with E-state index in [0.29, 0.717) is 0 Å². The second kappa shape index (κ2) is 6.60. The Labute approximate surface area is 150 Å². The van der Waals surface area contributed by atoms with Crippen molar-refractivity contribution in [1.29, 1.82) is 0 Å². The fourth-order valence-electron chi connectivity index (χ4n) is 2.65. The van der Waals surface area contributed by atoms with Crippen LogP contribution in [0.5, 0.6) is 0 Å². The van der Waals surface area contributed by atoms with Gasteiger partial charge in [0.2, 0.25) is 0 Å². The number of aromatic nitrogens is 1. The van der Waals surface area contributed by atoms with Crippen molar-refractivity contribution in [2.45, 2.75) is 0 Å². The zero-order chi connectivity index (χ0) is 16.4. The lowest BCUT2D eigenvalue weighted by Crippen LogP contribution is -1.82. The maximum Gasteiger partial charge on any atom is 0.126 e. The zero-order valence-electron chi connectivity index (χ0n) is 12.8. The standard InChI is InChI=1S/C21H14ClNS/c22-18-14-8-7-13-17(18)21-23-19(15-9-3-1-4-10-15)20(24-21)16-11-5-2-6-12-16/h1-14H. The lowest BCUT2D eigenvalue weighted by molar-refractivity contribution is 1.40. The molecule has 4 rings (SSSR count). The fourth-order valence-corrected chi connectivity index (χ4v) is 4.06. The summed E-state index contributed by atoms with van der Waals surface area (Å²) in [4.78, 5) is 6.09. The van der Waals surface area contributed by atoms with Crippen molar-refractivity contribution in [3.63, 3.8) is 0 Å². The summed E-state index contributed by atoms with van der Waals surface area (Å²) in [5, 5.41) is 1.67. The molecule has 3 aromatic carbocycles. The average molecular weight is 348 g/mol. The van der Waals surface area contributed by atoms with Gasteiger partial charge in [0.25, 0.3) is 0 Å². The van der Waals surface area contributed by atoms with E-state index in [0.717, 1.165) is 31.7 Å². The SMILES string of the molecule is Clc1ccccc1-c1nc(-c2ccccc2)c(-c2ccccc2)s1. The van der Waals surface area contributed by atoms with Crippen LogP contribution >= 0.6 is 22.9 Å². The van der Waals surface area contributed by atoms with Gasteiger partial charge in [-0.15, -0.1) is 11.3 Å². The monoisotopic (exact) mass is 347 g/mol. The molecular formula is C21H14ClNS. The summed E-state index contributed by atoms with van der Waals surface area (Å²) in [6.45, 7) is 0. The van der Waals surface area contributed by atoms with Crippen LogP contribution in [0.1, 0.15) is 0 Å². The molecule has 0 spiro atoms. The molecule has 0 fully saturated rings. The molecule has 1 heterocycles. The topological polar surface area (TPSA) is 12.9 Å². The highest BCUT2D eigenvalue weighted by Gasteiger charge is 2.16. The van der Waals surface area contributed by atoms with Crippen LogP contribution in [0, 0.1) is 0 Å². The number of benzene rings is 3. The van der Waals surface area contributed by atoms with E-state index in [9.17, 15) is 0 Å². The third-order valence-electron chi connectivity index (χ3n) is 3.81. The molecule has 0 bridgehead atoms. The smallest absolute Gasteiger partial charge is 0.126 e. The molecule has 0 saturated heterocycles. The van der Waals surface area contributed by atoms with Crippen molar-refractivity contribution in [3.05, 3.63) is 90.0 Å². The van der Waals surface area contributed by atoms with Gasteiger partial charge in [-0.1, -0.05) is 90.5 Å². The molecule has 0 N–H and O–H groups in total. The zero-order valence-corrected chi connectivity index (χ0v) is 14.4. The van der Waals surface area contributed by atoms with Crippen molar-refractivity contribution in [2.24, 2.45) is 0 Å². The van der Waals surface area contributed by atoms with Crippen LogP contribution in [0.2, 0.25) is 5.02 Å². The molecule has 0 amide bonds. The minimum atomic E-state index is 0.727. The van der Waals surface area contributed by atoms with Gasteiger partial charge < -0.3 is 0 Å².